The van der Waals surface area contributed by atoms with Crippen molar-refractivity contribution >= 4 is 23.3 Å². The van der Waals surface area contributed by atoms with Crippen LogP contribution in [0.1, 0.15) is 44.4 Å². The van der Waals surface area contributed by atoms with Gasteiger partial charge in [0, 0.05) is 4.88 Å². The summed E-state index contributed by atoms with van der Waals surface area (Å²) in [5, 5.41) is 8.46. The Hall–Kier alpha value is -1.40. The van der Waals surface area contributed by atoms with Crippen LogP contribution in [0.4, 0.5) is 4.79 Å². The first-order valence-corrected chi connectivity index (χ1v) is 9.78. The zero-order chi connectivity index (χ0) is 17.2. The van der Waals surface area contributed by atoms with Gasteiger partial charge in [-0.15, -0.1) is 11.3 Å². The Morgan fingerprint density at radius 2 is 2.08 bits per heavy atom. The Labute approximate surface area is 147 Å². The molecule has 0 saturated carbocycles. The summed E-state index contributed by atoms with van der Waals surface area (Å²) in [6, 6.07) is 3.71. The second-order valence-electron chi connectivity index (χ2n) is 7.33. The number of carbonyl (C=O) groups excluding carboxylic acids is 2. The molecule has 3 heterocycles. The molecular weight excluding hydrogens is 322 g/mol. The molecule has 132 valence electrons. The number of hydrogen-bond acceptors (Lipinski definition) is 4. The quantitative estimate of drug-likeness (QED) is 0.776. The number of hydrogen-bond donors (Lipinski definition) is 2. The first kappa shape index (κ1) is 17.4. The largest absolute Gasteiger partial charge is 0.325 e. The molecule has 2 fully saturated rings. The van der Waals surface area contributed by atoms with Gasteiger partial charge in [-0.05, 0) is 62.1 Å². The molecule has 0 spiro atoms. The van der Waals surface area contributed by atoms with Crippen molar-refractivity contribution < 1.29 is 9.59 Å². The number of imide groups is 1. The molecule has 2 aliphatic heterocycles. The Balaban J connectivity index is 1.84. The molecule has 24 heavy (non-hydrogen) atoms. The second-order valence-corrected chi connectivity index (χ2v) is 8.36. The first-order valence-electron chi connectivity index (χ1n) is 8.90. The predicted molar refractivity (Wildman–Crippen MR) is 95.8 cm³/mol. The number of amides is 3. The molecule has 1 atom stereocenters. The number of urea groups is 1. The molecule has 5 nitrogen and oxygen atoms in total. The van der Waals surface area contributed by atoms with Crippen molar-refractivity contribution in [2.75, 3.05) is 13.1 Å². The van der Waals surface area contributed by atoms with Crippen LogP contribution in [-0.4, -0.2) is 35.5 Å². The molecular formula is C18H27N3O2S. The van der Waals surface area contributed by atoms with Crippen molar-refractivity contribution in [3.8, 4) is 0 Å². The fourth-order valence-electron chi connectivity index (χ4n) is 3.83. The van der Waals surface area contributed by atoms with Gasteiger partial charge in [-0.1, -0.05) is 19.9 Å². The van der Waals surface area contributed by atoms with Gasteiger partial charge >= 0.3 is 6.03 Å². The van der Waals surface area contributed by atoms with E-state index in [9.17, 15) is 9.59 Å². The van der Waals surface area contributed by atoms with Crippen molar-refractivity contribution in [3.05, 3.63) is 22.4 Å². The highest BCUT2D eigenvalue weighted by molar-refractivity contribution is 7.09. The van der Waals surface area contributed by atoms with Gasteiger partial charge in [0.05, 0.1) is 6.54 Å². The summed E-state index contributed by atoms with van der Waals surface area (Å²) < 4.78 is 0. The minimum atomic E-state index is -0.708. The summed E-state index contributed by atoms with van der Waals surface area (Å²) in [6.07, 6.45) is 3.57. The van der Waals surface area contributed by atoms with E-state index in [1.165, 1.54) is 4.90 Å². The van der Waals surface area contributed by atoms with Crippen LogP contribution in [0.3, 0.4) is 0 Å². The molecule has 0 radical (unpaired) electrons. The molecule has 6 heteroatoms. The van der Waals surface area contributed by atoms with Gasteiger partial charge in [0.2, 0.25) is 0 Å². The lowest BCUT2D eigenvalue weighted by Crippen LogP contribution is -2.55. The van der Waals surface area contributed by atoms with Gasteiger partial charge in [-0.2, -0.15) is 0 Å². The maximum Gasteiger partial charge on any atom is 0.325 e. The fourth-order valence-corrected chi connectivity index (χ4v) is 4.52. The number of piperidine rings is 1. The summed E-state index contributed by atoms with van der Waals surface area (Å²) in [5.41, 5.74) is -0.708. The first-order chi connectivity index (χ1) is 11.5. The van der Waals surface area contributed by atoms with Crippen LogP contribution >= 0.6 is 11.3 Å². The van der Waals surface area contributed by atoms with E-state index in [-0.39, 0.29) is 17.9 Å². The van der Waals surface area contributed by atoms with Crippen LogP contribution in [-0.2, 0) is 11.3 Å². The van der Waals surface area contributed by atoms with E-state index >= 15 is 0 Å². The molecule has 2 N–H and O–H groups in total. The van der Waals surface area contributed by atoms with Crippen molar-refractivity contribution in [1.82, 2.24) is 15.5 Å². The summed E-state index contributed by atoms with van der Waals surface area (Å²) >= 11 is 1.58. The Bertz CT molecular complexity index is 581. The number of rotatable bonds is 6. The summed E-state index contributed by atoms with van der Waals surface area (Å²) in [6.45, 7) is 6.56. The molecule has 1 aromatic rings. The minimum Gasteiger partial charge on any atom is -0.323 e. The average molecular weight is 350 g/mol. The molecule has 0 bridgehead atoms. The van der Waals surface area contributed by atoms with Crippen LogP contribution in [0, 0.1) is 11.8 Å². The van der Waals surface area contributed by atoms with Gasteiger partial charge in [0.25, 0.3) is 5.91 Å². The standard InChI is InChI=1S/C18H27N3O2S/c1-13(2)5-8-18(14-6-9-19-10-7-14)16(22)21(17(23)20-18)12-15-4-3-11-24-15/h3-4,11,13-14,19H,5-10,12H2,1-2H3,(H,20,23). The zero-order valence-corrected chi connectivity index (χ0v) is 15.3. The van der Waals surface area contributed by atoms with Crippen molar-refractivity contribution in [1.29, 1.82) is 0 Å². The lowest BCUT2D eigenvalue weighted by Gasteiger charge is -2.38. The zero-order valence-electron chi connectivity index (χ0n) is 14.5. The van der Waals surface area contributed by atoms with E-state index < -0.39 is 5.54 Å². The predicted octanol–water partition coefficient (Wildman–Crippen LogP) is 2.97. The van der Waals surface area contributed by atoms with Crippen molar-refractivity contribution in [2.45, 2.75) is 51.6 Å². The SMILES string of the molecule is CC(C)CCC1(C2CCNCC2)NC(=O)N(Cc2cccs2)C1=O. The van der Waals surface area contributed by atoms with Crippen molar-refractivity contribution in [2.24, 2.45) is 11.8 Å². The highest BCUT2D eigenvalue weighted by Gasteiger charge is 2.55. The van der Waals surface area contributed by atoms with E-state index in [2.05, 4.69) is 24.5 Å². The van der Waals surface area contributed by atoms with E-state index in [0.29, 0.717) is 12.5 Å². The lowest BCUT2D eigenvalue weighted by molar-refractivity contribution is -0.134. The fraction of sp³-hybridized carbons (Fsp3) is 0.667. The van der Waals surface area contributed by atoms with Crippen LogP contribution in [0.25, 0.3) is 0 Å². The van der Waals surface area contributed by atoms with Crippen LogP contribution in [0.15, 0.2) is 17.5 Å². The van der Waals surface area contributed by atoms with Gasteiger partial charge in [-0.25, -0.2) is 4.79 Å². The number of thiophene rings is 1. The Morgan fingerprint density at radius 3 is 2.71 bits per heavy atom. The third-order valence-corrected chi connectivity index (χ3v) is 6.11. The Kier molecular flexibility index (Phi) is 5.25. The highest BCUT2D eigenvalue weighted by atomic mass is 32.1. The second kappa shape index (κ2) is 7.23. The number of carbonyl (C=O) groups is 2. The van der Waals surface area contributed by atoms with E-state index in [1.54, 1.807) is 11.3 Å². The lowest BCUT2D eigenvalue weighted by atomic mass is 9.74. The van der Waals surface area contributed by atoms with Crippen molar-refractivity contribution in [3.63, 3.8) is 0 Å². The number of nitrogens with one attached hydrogen (secondary N) is 2. The maximum atomic E-state index is 13.3. The van der Waals surface area contributed by atoms with Crippen LogP contribution < -0.4 is 10.6 Å². The molecule has 0 aliphatic carbocycles. The van der Waals surface area contributed by atoms with Gasteiger partial charge < -0.3 is 10.6 Å². The monoisotopic (exact) mass is 349 g/mol. The molecule has 3 amide bonds. The molecule has 2 saturated heterocycles. The summed E-state index contributed by atoms with van der Waals surface area (Å²) in [5.74, 6) is 0.718. The molecule has 1 aromatic heterocycles. The number of nitrogens with zero attached hydrogens (tertiary/aromatic N) is 1. The third-order valence-electron chi connectivity index (χ3n) is 5.25. The topological polar surface area (TPSA) is 61.4 Å². The smallest absolute Gasteiger partial charge is 0.323 e. The summed E-state index contributed by atoms with van der Waals surface area (Å²) in [4.78, 5) is 28.4. The molecule has 0 aromatic carbocycles. The van der Waals surface area contributed by atoms with Crippen LogP contribution in [0.5, 0.6) is 0 Å². The molecule has 1 unspecified atom stereocenters. The third kappa shape index (κ3) is 3.35. The molecule has 2 aliphatic rings. The highest BCUT2D eigenvalue weighted by Crippen LogP contribution is 2.37. The average Bonchev–Trinajstić information content (AvgIpc) is 3.17. The van der Waals surface area contributed by atoms with E-state index in [1.807, 2.05) is 17.5 Å². The van der Waals surface area contributed by atoms with Gasteiger partial charge in [-0.3, -0.25) is 9.69 Å². The van der Waals surface area contributed by atoms with E-state index in [0.717, 1.165) is 43.6 Å². The Morgan fingerprint density at radius 1 is 1.33 bits per heavy atom. The van der Waals surface area contributed by atoms with Crippen LogP contribution in [0.2, 0.25) is 0 Å². The molecule has 3 rings (SSSR count). The van der Waals surface area contributed by atoms with E-state index in [4.69, 9.17) is 0 Å². The van der Waals surface area contributed by atoms with Gasteiger partial charge in [0.15, 0.2) is 0 Å². The van der Waals surface area contributed by atoms with Gasteiger partial charge in [0.1, 0.15) is 5.54 Å². The maximum absolute atomic E-state index is 13.3. The minimum absolute atomic E-state index is 0.0200. The normalized spacial score (nSPS) is 25.5. The summed E-state index contributed by atoms with van der Waals surface area (Å²) in [7, 11) is 0.